The first kappa shape index (κ1) is 18.0. The van der Waals surface area contributed by atoms with Crippen LogP contribution in [0, 0.1) is 0 Å². The standard InChI is InChI=1S/C19H23NO4/c1-22-18(23-2)14-20(13-16-9-5-3-6-10-16)19(21)24-15-17-11-7-4-8-12-17/h3-12,18H,13-15H2,1-2H3. The molecule has 5 nitrogen and oxygen atoms in total. The van der Waals surface area contributed by atoms with Crippen molar-refractivity contribution in [3.05, 3.63) is 71.8 Å². The highest BCUT2D eigenvalue weighted by Crippen LogP contribution is 2.10. The molecule has 128 valence electrons. The Morgan fingerprint density at radius 2 is 1.46 bits per heavy atom. The summed E-state index contributed by atoms with van der Waals surface area (Å²) >= 11 is 0. The molecular weight excluding hydrogens is 306 g/mol. The van der Waals surface area contributed by atoms with Gasteiger partial charge in [-0.05, 0) is 11.1 Å². The van der Waals surface area contributed by atoms with Gasteiger partial charge < -0.3 is 14.2 Å². The second kappa shape index (κ2) is 9.70. The first-order valence-corrected chi connectivity index (χ1v) is 7.78. The molecule has 5 heteroatoms. The topological polar surface area (TPSA) is 48.0 Å². The number of rotatable bonds is 8. The Morgan fingerprint density at radius 3 is 2.00 bits per heavy atom. The maximum atomic E-state index is 12.5. The summed E-state index contributed by atoms with van der Waals surface area (Å²) in [5, 5.41) is 0. The predicted molar refractivity (Wildman–Crippen MR) is 91.3 cm³/mol. The van der Waals surface area contributed by atoms with Gasteiger partial charge in [-0.3, -0.25) is 4.90 Å². The van der Waals surface area contributed by atoms with Gasteiger partial charge in [0.05, 0.1) is 6.54 Å². The van der Waals surface area contributed by atoms with E-state index in [2.05, 4.69) is 0 Å². The third-order valence-corrected chi connectivity index (χ3v) is 3.57. The molecule has 0 aliphatic carbocycles. The van der Waals surface area contributed by atoms with Crippen molar-refractivity contribution in [1.29, 1.82) is 0 Å². The van der Waals surface area contributed by atoms with Crippen LogP contribution in [0.15, 0.2) is 60.7 Å². The fraction of sp³-hybridized carbons (Fsp3) is 0.316. The molecule has 0 spiro atoms. The van der Waals surface area contributed by atoms with Crippen molar-refractivity contribution in [2.45, 2.75) is 19.4 Å². The van der Waals surface area contributed by atoms with Crippen LogP contribution in [0.2, 0.25) is 0 Å². The molecule has 0 aromatic heterocycles. The molecule has 24 heavy (non-hydrogen) atoms. The average molecular weight is 329 g/mol. The molecule has 0 atom stereocenters. The largest absolute Gasteiger partial charge is 0.445 e. The van der Waals surface area contributed by atoms with Gasteiger partial charge in [0.1, 0.15) is 6.61 Å². The highest BCUT2D eigenvalue weighted by atomic mass is 16.7. The van der Waals surface area contributed by atoms with E-state index in [0.717, 1.165) is 11.1 Å². The van der Waals surface area contributed by atoms with Gasteiger partial charge in [0, 0.05) is 20.8 Å². The Hall–Kier alpha value is -2.37. The molecule has 0 saturated carbocycles. The van der Waals surface area contributed by atoms with E-state index in [-0.39, 0.29) is 13.2 Å². The number of hydrogen-bond acceptors (Lipinski definition) is 4. The third-order valence-electron chi connectivity index (χ3n) is 3.57. The lowest BCUT2D eigenvalue weighted by atomic mass is 10.2. The SMILES string of the molecule is COC(CN(Cc1ccccc1)C(=O)OCc1ccccc1)OC. The summed E-state index contributed by atoms with van der Waals surface area (Å²) < 4.78 is 15.8. The maximum absolute atomic E-state index is 12.5. The number of nitrogens with zero attached hydrogens (tertiary/aromatic N) is 1. The van der Waals surface area contributed by atoms with Gasteiger partial charge in [0.15, 0.2) is 6.29 Å². The Kier molecular flexibility index (Phi) is 7.26. The Morgan fingerprint density at radius 1 is 0.917 bits per heavy atom. The number of amides is 1. The highest BCUT2D eigenvalue weighted by molar-refractivity contribution is 5.67. The van der Waals surface area contributed by atoms with E-state index < -0.39 is 12.4 Å². The second-order valence-electron chi connectivity index (χ2n) is 5.31. The quantitative estimate of drug-likeness (QED) is 0.696. The first-order valence-electron chi connectivity index (χ1n) is 7.78. The van der Waals surface area contributed by atoms with Crippen molar-refractivity contribution in [1.82, 2.24) is 4.90 Å². The van der Waals surface area contributed by atoms with E-state index in [9.17, 15) is 4.79 Å². The number of methoxy groups -OCH3 is 2. The lowest BCUT2D eigenvalue weighted by Crippen LogP contribution is -2.38. The van der Waals surface area contributed by atoms with Crippen LogP contribution in [0.4, 0.5) is 4.79 Å². The van der Waals surface area contributed by atoms with Gasteiger partial charge in [-0.25, -0.2) is 4.79 Å². The van der Waals surface area contributed by atoms with Gasteiger partial charge >= 0.3 is 6.09 Å². The summed E-state index contributed by atoms with van der Waals surface area (Å²) in [6.07, 6.45) is -0.903. The van der Waals surface area contributed by atoms with Gasteiger partial charge in [0.25, 0.3) is 0 Å². The van der Waals surface area contributed by atoms with E-state index in [1.807, 2.05) is 60.7 Å². The van der Waals surface area contributed by atoms with E-state index >= 15 is 0 Å². The van der Waals surface area contributed by atoms with E-state index in [0.29, 0.717) is 6.54 Å². The zero-order valence-electron chi connectivity index (χ0n) is 14.1. The number of carbonyl (C=O) groups excluding carboxylic acids is 1. The monoisotopic (exact) mass is 329 g/mol. The molecule has 2 rings (SSSR count). The molecule has 2 aromatic rings. The van der Waals surface area contributed by atoms with Gasteiger partial charge in [-0.2, -0.15) is 0 Å². The minimum Gasteiger partial charge on any atom is -0.445 e. The normalized spacial score (nSPS) is 10.6. The molecule has 0 bridgehead atoms. The van der Waals surface area contributed by atoms with Crippen molar-refractivity contribution in [2.75, 3.05) is 20.8 Å². The zero-order chi connectivity index (χ0) is 17.2. The van der Waals surface area contributed by atoms with Crippen molar-refractivity contribution in [2.24, 2.45) is 0 Å². The Balaban J connectivity index is 2.01. The van der Waals surface area contributed by atoms with E-state index in [1.54, 1.807) is 19.1 Å². The van der Waals surface area contributed by atoms with Crippen LogP contribution in [-0.4, -0.2) is 38.0 Å². The minimum absolute atomic E-state index is 0.232. The van der Waals surface area contributed by atoms with Crippen LogP contribution in [-0.2, 0) is 27.4 Å². The average Bonchev–Trinajstić information content (AvgIpc) is 2.64. The van der Waals surface area contributed by atoms with E-state index in [4.69, 9.17) is 14.2 Å². The predicted octanol–water partition coefficient (Wildman–Crippen LogP) is 3.44. The molecule has 0 heterocycles. The molecule has 0 unspecified atom stereocenters. The molecule has 0 aliphatic heterocycles. The molecule has 0 radical (unpaired) electrons. The van der Waals surface area contributed by atoms with Gasteiger partial charge in [-0.15, -0.1) is 0 Å². The van der Waals surface area contributed by atoms with Crippen LogP contribution in [0.3, 0.4) is 0 Å². The van der Waals surface area contributed by atoms with Gasteiger partial charge in [-0.1, -0.05) is 60.7 Å². The summed E-state index contributed by atoms with van der Waals surface area (Å²) in [7, 11) is 3.09. The summed E-state index contributed by atoms with van der Waals surface area (Å²) in [6, 6.07) is 19.3. The van der Waals surface area contributed by atoms with Crippen molar-refractivity contribution in [3.63, 3.8) is 0 Å². The van der Waals surface area contributed by atoms with Crippen molar-refractivity contribution < 1.29 is 19.0 Å². The molecule has 0 fully saturated rings. The van der Waals surface area contributed by atoms with Crippen molar-refractivity contribution >= 4 is 6.09 Å². The number of hydrogen-bond donors (Lipinski definition) is 0. The summed E-state index contributed by atoms with van der Waals surface area (Å²) in [6.45, 7) is 0.947. The van der Waals surface area contributed by atoms with Crippen molar-refractivity contribution in [3.8, 4) is 0 Å². The molecule has 0 saturated heterocycles. The summed E-state index contributed by atoms with van der Waals surface area (Å²) in [5.74, 6) is 0. The third kappa shape index (κ3) is 5.68. The molecule has 0 aliphatic rings. The fourth-order valence-electron chi connectivity index (χ4n) is 2.24. The van der Waals surface area contributed by atoms with Gasteiger partial charge in [0.2, 0.25) is 0 Å². The van der Waals surface area contributed by atoms with Crippen LogP contribution in [0.25, 0.3) is 0 Å². The van der Waals surface area contributed by atoms with Crippen LogP contribution in [0.5, 0.6) is 0 Å². The lowest BCUT2D eigenvalue weighted by molar-refractivity contribution is -0.114. The fourth-order valence-corrected chi connectivity index (χ4v) is 2.24. The number of carbonyl (C=O) groups is 1. The number of benzene rings is 2. The Bertz CT molecular complexity index is 599. The van der Waals surface area contributed by atoms with Crippen LogP contribution >= 0.6 is 0 Å². The number of ether oxygens (including phenoxy) is 3. The lowest BCUT2D eigenvalue weighted by Gasteiger charge is -2.25. The molecule has 1 amide bonds. The minimum atomic E-state index is -0.502. The van der Waals surface area contributed by atoms with E-state index in [1.165, 1.54) is 0 Å². The zero-order valence-corrected chi connectivity index (χ0v) is 14.1. The highest BCUT2D eigenvalue weighted by Gasteiger charge is 2.20. The maximum Gasteiger partial charge on any atom is 0.410 e. The molecule has 2 aromatic carbocycles. The second-order valence-corrected chi connectivity index (χ2v) is 5.31. The summed E-state index contributed by atoms with van der Waals surface area (Å²) in [5.41, 5.74) is 1.96. The smallest absolute Gasteiger partial charge is 0.410 e. The molecular formula is C19H23NO4. The van der Waals surface area contributed by atoms with Crippen LogP contribution in [0.1, 0.15) is 11.1 Å². The molecule has 0 N–H and O–H groups in total. The van der Waals surface area contributed by atoms with Crippen LogP contribution < -0.4 is 0 Å². The summed E-state index contributed by atoms with van der Waals surface area (Å²) in [4.78, 5) is 14.1. The first-order chi connectivity index (χ1) is 11.7. The Labute approximate surface area is 142 Å².